The lowest BCUT2D eigenvalue weighted by Gasteiger charge is -2.22. The summed E-state index contributed by atoms with van der Waals surface area (Å²) in [4.78, 5) is 23.6. The Hall–Kier alpha value is -3.02. The molecule has 1 amide bonds. The van der Waals surface area contributed by atoms with E-state index in [1.54, 1.807) is 17.2 Å². The van der Waals surface area contributed by atoms with Crippen LogP contribution in [0.5, 0.6) is 0 Å². The maximum atomic E-state index is 13.5. The Bertz CT molecular complexity index is 999. The molecule has 1 N–H and O–H groups in total. The predicted molar refractivity (Wildman–Crippen MR) is 106 cm³/mol. The Morgan fingerprint density at radius 1 is 1.15 bits per heavy atom. The number of carbonyl (C=O) groups excluding carboxylic acids is 1. The number of hydrogen-bond acceptors (Lipinski definition) is 4. The number of hydrogen-bond donors (Lipinski definition) is 1. The van der Waals surface area contributed by atoms with Gasteiger partial charge >= 0.3 is 0 Å². The largest absolute Gasteiger partial charge is 0.354 e. The van der Waals surface area contributed by atoms with E-state index in [0.717, 1.165) is 22.3 Å². The Morgan fingerprint density at radius 3 is 2.56 bits per heavy atom. The van der Waals surface area contributed by atoms with Crippen LogP contribution < -0.4 is 5.32 Å². The van der Waals surface area contributed by atoms with Crippen LogP contribution in [0.2, 0.25) is 0 Å². The van der Waals surface area contributed by atoms with Gasteiger partial charge < -0.3 is 10.2 Å². The third kappa shape index (κ3) is 3.74. The molecule has 0 saturated carbocycles. The van der Waals surface area contributed by atoms with E-state index in [2.05, 4.69) is 15.3 Å². The van der Waals surface area contributed by atoms with Crippen LogP contribution in [0.15, 0.2) is 36.5 Å². The summed E-state index contributed by atoms with van der Waals surface area (Å²) in [5.41, 5.74) is 4.01. The second-order valence-corrected chi connectivity index (χ2v) is 6.43. The minimum Gasteiger partial charge on any atom is -0.354 e. The summed E-state index contributed by atoms with van der Waals surface area (Å²) in [5, 5.41) is 4.07. The molecule has 2 heterocycles. The molecule has 0 saturated heterocycles. The first-order valence-electron chi connectivity index (χ1n) is 9.03. The standard InChI is InChI=1S/C21H23FN4O/c1-5-26(6-2)21(27)17-12-23-20-16(9-7-14(4)24-20)19(17)25-18-10-8-15(22)11-13(18)3/h7-12H,5-6H2,1-4H3,(H,23,24,25). The van der Waals surface area contributed by atoms with E-state index < -0.39 is 0 Å². The van der Waals surface area contributed by atoms with Crippen LogP contribution in [0.25, 0.3) is 11.0 Å². The summed E-state index contributed by atoms with van der Waals surface area (Å²) in [5.74, 6) is -0.397. The van der Waals surface area contributed by atoms with Crippen LogP contribution in [-0.2, 0) is 0 Å². The molecule has 0 radical (unpaired) electrons. The zero-order valence-electron chi connectivity index (χ0n) is 16.0. The molecule has 0 bridgehead atoms. The topological polar surface area (TPSA) is 58.1 Å². The van der Waals surface area contributed by atoms with Crippen molar-refractivity contribution < 1.29 is 9.18 Å². The van der Waals surface area contributed by atoms with Gasteiger partial charge in [-0.15, -0.1) is 0 Å². The fourth-order valence-electron chi connectivity index (χ4n) is 3.05. The first-order chi connectivity index (χ1) is 12.9. The fraction of sp³-hybridized carbons (Fsp3) is 0.286. The summed E-state index contributed by atoms with van der Waals surface area (Å²) < 4.78 is 13.5. The normalized spacial score (nSPS) is 10.9. The SMILES string of the molecule is CCN(CC)C(=O)c1cnc2nc(C)ccc2c1Nc1ccc(F)cc1C. The number of rotatable bonds is 5. The highest BCUT2D eigenvalue weighted by Gasteiger charge is 2.20. The van der Waals surface area contributed by atoms with Gasteiger partial charge in [0.2, 0.25) is 0 Å². The summed E-state index contributed by atoms with van der Waals surface area (Å²) in [6, 6.07) is 8.32. The highest BCUT2D eigenvalue weighted by Crippen LogP contribution is 2.31. The number of pyridine rings is 2. The Morgan fingerprint density at radius 2 is 1.89 bits per heavy atom. The zero-order chi connectivity index (χ0) is 19.6. The van der Waals surface area contributed by atoms with Crippen LogP contribution in [0, 0.1) is 19.7 Å². The molecule has 0 aliphatic rings. The molecule has 0 spiro atoms. The lowest BCUT2D eigenvalue weighted by Crippen LogP contribution is -2.31. The maximum absolute atomic E-state index is 13.5. The van der Waals surface area contributed by atoms with Crippen LogP contribution in [0.3, 0.4) is 0 Å². The van der Waals surface area contributed by atoms with Crippen LogP contribution in [0.4, 0.5) is 15.8 Å². The van der Waals surface area contributed by atoms with E-state index in [0.29, 0.717) is 30.0 Å². The number of aryl methyl sites for hydroxylation is 2. The van der Waals surface area contributed by atoms with Gasteiger partial charge in [-0.1, -0.05) is 0 Å². The average molecular weight is 366 g/mol. The van der Waals surface area contributed by atoms with Crippen molar-refractivity contribution in [3.05, 3.63) is 59.2 Å². The number of halogens is 1. The second-order valence-electron chi connectivity index (χ2n) is 6.43. The fourth-order valence-corrected chi connectivity index (χ4v) is 3.05. The number of nitrogens with one attached hydrogen (secondary N) is 1. The second kappa shape index (κ2) is 7.70. The maximum Gasteiger partial charge on any atom is 0.257 e. The Kier molecular flexibility index (Phi) is 5.35. The summed E-state index contributed by atoms with van der Waals surface area (Å²) >= 11 is 0. The summed E-state index contributed by atoms with van der Waals surface area (Å²) in [7, 11) is 0. The molecule has 2 aromatic heterocycles. The molecule has 6 heteroatoms. The van der Waals surface area contributed by atoms with Crippen molar-refractivity contribution in [2.75, 3.05) is 18.4 Å². The first-order valence-corrected chi connectivity index (χ1v) is 9.03. The van der Waals surface area contributed by atoms with E-state index in [1.165, 1.54) is 12.1 Å². The van der Waals surface area contributed by atoms with Gasteiger partial charge in [0.1, 0.15) is 5.82 Å². The number of benzene rings is 1. The number of carbonyl (C=O) groups is 1. The minimum absolute atomic E-state index is 0.0998. The average Bonchev–Trinajstić information content (AvgIpc) is 2.64. The van der Waals surface area contributed by atoms with Crippen molar-refractivity contribution >= 4 is 28.3 Å². The molecule has 140 valence electrons. The number of aromatic nitrogens is 2. The Balaban J connectivity index is 2.19. The molecule has 3 aromatic rings. The lowest BCUT2D eigenvalue weighted by molar-refractivity contribution is 0.0773. The molecule has 3 rings (SSSR count). The molecular weight excluding hydrogens is 343 g/mol. The van der Waals surface area contributed by atoms with Gasteiger partial charge in [0, 0.05) is 36.1 Å². The van der Waals surface area contributed by atoms with Gasteiger partial charge in [-0.2, -0.15) is 0 Å². The van der Waals surface area contributed by atoms with Gasteiger partial charge in [-0.3, -0.25) is 4.79 Å². The molecule has 0 aliphatic heterocycles. The monoisotopic (exact) mass is 366 g/mol. The van der Waals surface area contributed by atoms with E-state index in [4.69, 9.17) is 0 Å². The van der Waals surface area contributed by atoms with E-state index in [9.17, 15) is 9.18 Å². The molecule has 1 aromatic carbocycles. The summed E-state index contributed by atoms with van der Waals surface area (Å²) in [6.07, 6.45) is 1.57. The van der Waals surface area contributed by atoms with Gasteiger partial charge in [0.05, 0.1) is 11.3 Å². The van der Waals surface area contributed by atoms with Gasteiger partial charge in [-0.05, 0) is 63.6 Å². The van der Waals surface area contributed by atoms with Crippen molar-refractivity contribution in [2.45, 2.75) is 27.7 Å². The summed E-state index contributed by atoms with van der Waals surface area (Å²) in [6.45, 7) is 8.81. The van der Waals surface area contributed by atoms with Gasteiger partial charge in [0.25, 0.3) is 5.91 Å². The number of nitrogens with zero attached hydrogens (tertiary/aromatic N) is 3. The smallest absolute Gasteiger partial charge is 0.257 e. The molecule has 0 aliphatic carbocycles. The van der Waals surface area contributed by atoms with Gasteiger partial charge in [0.15, 0.2) is 5.65 Å². The van der Waals surface area contributed by atoms with Crippen molar-refractivity contribution in [3.8, 4) is 0 Å². The van der Waals surface area contributed by atoms with Crippen molar-refractivity contribution in [3.63, 3.8) is 0 Å². The Labute approximate surface area is 158 Å². The highest BCUT2D eigenvalue weighted by atomic mass is 19.1. The molecule has 0 unspecified atom stereocenters. The van der Waals surface area contributed by atoms with Crippen molar-refractivity contribution in [1.82, 2.24) is 14.9 Å². The van der Waals surface area contributed by atoms with Crippen LogP contribution >= 0.6 is 0 Å². The van der Waals surface area contributed by atoms with Crippen molar-refractivity contribution in [1.29, 1.82) is 0 Å². The zero-order valence-corrected chi connectivity index (χ0v) is 16.0. The predicted octanol–water partition coefficient (Wildman–Crippen LogP) is 4.61. The lowest BCUT2D eigenvalue weighted by atomic mass is 10.1. The number of fused-ring (bicyclic) bond motifs is 1. The molecule has 0 fully saturated rings. The van der Waals surface area contributed by atoms with Crippen LogP contribution in [0.1, 0.15) is 35.5 Å². The van der Waals surface area contributed by atoms with E-state index in [-0.39, 0.29) is 11.7 Å². The number of amides is 1. The first kappa shape index (κ1) is 18.8. The third-order valence-corrected chi connectivity index (χ3v) is 4.60. The molecule has 27 heavy (non-hydrogen) atoms. The quantitative estimate of drug-likeness (QED) is 0.716. The van der Waals surface area contributed by atoms with Gasteiger partial charge in [-0.25, -0.2) is 14.4 Å². The molecular formula is C21H23FN4O. The van der Waals surface area contributed by atoms with E-state index >= 15 is 0 Å². The highest BCUT2D eigenvalue weighted by molar-refractivity contribution is 6.07. The number of anilines is 2. The molecule has 0 atom stereocenters. The van der Waals surface area contributed by atoms with E-state index in [1.807, 2.05) is 39.8 Å². The molecule has 5 nitrogen and oxygen atoms in total. The van der Waals surface area contributed by atoms with Crippen LogP contribution in [-0.4, -0.2) is 33.9 Å². The van der Waals surface area contributed by atoms with Crippen molar-refractivity contribution in [2.24, 2.45) is 0 Å². The minimum atomic E-state index is -0.297. The third-order valence-electron chi connectivity index (χ3n) is 4.60.